The number of hydrogen-bond acceptors (Lipinski definition) is 2. The van der Waals surface area contributed by atoms with E-state index in [-0.39, 0.29) is 5.54 Å². The second kappa shape index (κ2) is 7.08. The Morgan fingerprint density at radius 2 is 1.33 bits per heavy atom. The van der Waals surface area contributed by atoms with Gasteiger partial charge >= 0.3 is 0 Å². The highest BCUT2D eigenvalue weighted by Gasteiger charge is 2.46. The molecule has 1 saturated carbocycles. The van der Waals surface area contributed by atoms with E-state index in [1.807, 2.05) is 0 Å². The predicted octanol–water partition coefficient (Wildman–Crippen LogP) is 4.60. The molecule has 0 bridgehead atoms. The van der Waals surface area contributed by atoms with Gasteiger partial charge in [0.1, 0.15) is 0 Å². The van der Waals surface area contributed by atoms with Gasteiger partial charge in [0.2, 0.25) is 0 Å². The standard InChI is InChI=1S/C22H30N2/c1-21(2)13-14-22(17-21,18-23)24(15-19-9-5-3-6-10-19)16-20-11-7-4-8-12-20/h3-12H,13-18,23H2,1-2H3. The predicted molar refractivity (Wildman–Crippen MR) is 102 cm³/mol. The monoisotopic (exact) mass is 322 g/mol. The molecule has 2 aromatic carbocycles. The maximum absolute atomic E-state index is 6.36. The Morgan fingerprint density at radius 1 is 0.833 bits per heavy atom. The fraction of sp³-hybridized carbons (Fsp3) is 0.455. The summed E-state index contributed by atoms with van der Waals surface area (Å²) in [7, 11) is 0. The van der Waals surface area contributed by atoms with Crippen molar-refractivity contribution in [2.75, 3.05) is 6.54 Å². The van der Waals surface area contributed by atoms with Crippen LogP contribution in [-0.2, 0) is 13.1 Å². The van der Waals surface area contributed by atoms with E-state index in [0.29, 0.717) is 5.41 Å². The first-order chi connectivity index (χ1) is 11.5. The third-order valence-electron chi connectivity index (χ3n) is 5.56. The van der Waals surface area contributed by atoms with E-state index < -0.39 is 0 Å². The van der Waals surface area contributed by atoms with E-state index in [0.717, 1.165) is 19.6 Å². The van der Waals surface area contributed by atoms with Crippen molar-refractivity contribution in [3.05, 3.63) is 71.8 Å². The van der Waals surface area contributed by atoms with Crippen LogP contribution in [0.2, 0.25) is 0 Å². The van der Waals surface area contributed by atoms with Crippen LogP contribution in [0.5, 0.6) is 0 Å². The second-order valence-corrected chi connectivity index (χ2v) is 8.10. The molecule has 2 nitrogen and oxygen atoms in total. The third kappa shape index (κ3) is 3.88. The van der Waals surface area contributed by atoms with Crippen LogP contribution in [0.3, 0.4) is 0 Å². The lowest BCUT2D eigenvalue weighted by atomic mass is 9.86. The molecule has 1 fully saturated rings. The first kappa shape index (κ1) is 17.2. The van der Waals surface area contributed by atoms with Crippen molar-refractivity contribution in [3.63, 3.8) is 0 Å². The summed E-state index contributed by atoms with van der Waals surface area (Å²) in [5.74, 6) is 0. The van der Waals surface area contributed by atoms with Crippen molar-refractivity contribution in [2.24, 2.45) is 11.1 Å². The van der Waals surface area contributed by atoms with E-state index in [1.54, 1.807) is 0 Å². The molecule has 3 rings (SSSR count). The molecule has 128 valence electrons. The molecule has 1 unspecified atom stereocenters. The van der Waals surface area contributed by atoms with Crippen molar-refractivity contribution in [3.8, 4) is 0 Å². The summed E-state index contributed by atoms with van der Waals surface area (Å²) in [6.45, 7) is 7.42. The fourth-order valence-electron chi connectivity index (χ4n) is 4.21. The number of nitrogens with two attached hydrogens (primary N) is 1. The largest absolute Gasteiger partial charge is 0.329 e. The average Bonchev–Trinajstić information content (AvgIpc) is 2.93. The van der Waals surface area contributed by atoms with Gasteiger partial charge < -0.3 is 5.73 Å². The molecule has 2 heteroatoms. The number of benzene rings is 2. The van der Waals surface area contributed by atoms with Gasteiger partial charge in [-0.15, -0.1) is 0 Å². The highest BCUT2D eigenvalue weighted by atomic mass is 15.2. The highest BCUT2D eigenvalue weighted by Crippen LogP contribution is 2.47. The summed E-state index contributed by atoms with van der Waals surface area (Å²) < 4.78 is 0. The van der Waals surface area contributed by atoms with Gasteiger partial charge in [0.25, 0.3) is 0 Å². The summed E-state index contributed by atoms with van der Waals surface area (Å²) >= 11 is 0. The second-order valence-electron chi connectivity index (χ2n) is 8.10. The summed E-state index contributed by atoms with van der Waals surface area (Å²) in [5.41, 5.74) is 9.58. The molecule has 0 spiro atoms. The van der Waals surface area contributed by atoms with Gasteiger partial charge in [0.05, 0.1) is 0 Å². The van der Waals surface area contributed by atoms with Crippen molar-refractivity contribution < 1.29 is 0 Å². The van der Waals surface area contributed by atoms with Gasteiger partial charge in [0, 0.05) is 25.2 Å². The van der Waals surface area contributed by atoms with E-state index in [2.05, 4.69) is 79.4 Å². The zero-order valence-corrected chi connectivity index (χ0v) is 15.0. The minimum Gasteiger partial charge on any atom is -0.329 e. The molecule has 24 heavy (non-hydrogen) atoms. The van der Waals surface area contributed by atoms with Gasteiger partial charge in [-0.25, -0.2) is 0 Å². The van der Waals surface area contributed by atoms with E-state index >= 15 is 0 Å². The molecule has 0 amide bonds. The van der Waals surface area contributed by atoms with E-state index in [1.165, 1.54) is 30.4 Å². The van der Waals surface area contributed by atoms with Crippen LogP contribution in [0.1, 0.15) is 44.2 Å². The first-order valence-corrected chi connectivity index (χ1v) is 9.06. The van der Waals surface area contributed by atoms with Crippen LogP contribution in [0.4, 0.5) is 0 Å². The Morgan fingerprint density at radius 3 is 1.71 bits per heavy atom. The fourth-order valence-corrected chi connectivity index (χ4v) is 4.21. The number of hydrogen-bond donors (Lipinski definition) is 1. The molecule has 0 heterocycles. The molecule has 0 aromatic heterocycles. The Labute approximate surface area is 146 Å². The number of rotatable bonds is 6. The lowest BCUT2D eigenvalue weighted by molar-refractivity contribution is 0.0721. The maximum Gasteiger partial charge on any atom is 0.0344 e. The van der Waals surface area contributed by atoms with Gasteiger partial charge in [-0.3, -0.25) is 4.90 Å². The SMILES string of the molecule is CC1(C)CCC(CN)(N(Cc2ccccc2)Cc2ccccc2)C1. The van der Waals surface area contributed by atoms with Crippen molar-refractivity contribution in [1.82, 2.24) is 4.90 Å². The smallest absolute Gasteiger partial charge is 0.0344 e. The summed E-state index contributed by atoms with van der Waals surface area (Å²) in [6, 6.07) is 21.6. The van der Waals surface area contributed by atoms with Crippen LogP contribution >= 0.6 is 0 Å². The Bertz CT molecular complexity index is 594. The van der Waals surface area contributed by atoms with Crippen LogP contribution in [-0.4, -0.2) is 17.0 Å². The lowest BCUT2D eigenvalue weighted by Crippen LogP contribution is -2.51. The summed E-state index contributed by atoms with van der Waals surface area (Å²) in [4.78, 5) is 2.63. The zero-order chi connectivity index (χ0) is 17.0. The van der Waals surface area contributed by atoms with Gasteiger partial charge in [-0.2, -0.15) is 0 Å². The van der Waals surface area contributed by atoms with Crippen LogP contribution in [0.25, 0.3) is 0 Å². The quantitative estimate of drug-likeness (QED) is 0.842. The molecule has 0 radical (unpaired) electrons. The highest BCUT2D eigenvalue weighted by molar-refractivity contribution is 5.19. The van der Waals surface area contributed by atoms with Crippen molar-refractivity contribution >= 4 is 0 Å². The minimum atomic E-state index is 0.106. The van der Waals surface area contributed by atoms with Crippen molar-refractivity contribution in [1.29, 1.82) is 0 Å². The normalized spacial score (nSPS) is 22.8. The van der Waals surface area contributed by atoms with Gasteiger partial charge in [-0.05, 0) is 35.8 Å². The van der Waals surface area contributed by atoms with Gasteiger partial charge in [-0.1, -0.05) is 74.5 Å². The van der Waals surface area contributed by atoms with Gasteiger partial charge in [0.15, 0.2) is 0 Å². The number of nitrogens with zero attached hydrogens (tertiary/aromatic N) is 1. The van der Waals surface area contributed by atoms with Crippen molar-refractivity contribution in [2.45, 2.75) is 51.7 Å². The van der Waals surface area contributed by atoms with Crippen LogP contribution in [0.15, 0.2) is 60.7 Å². The Hall–Kier alpha value is -1.64. The molecule has 1 aliphatic rings. The molecule has 2 N–H and O–H groups in total. The van der Waals surface area contributed by atoms with Crippen LogP contribution < -0.4 is 5.73 Å². The topological polar surface area (TPSA) is 29.3 Å². The molecule has 1 atom stereocenters. The Balaban J connectivity index is 1.89. The summed E-state index contributed by atoms with van der Waals surface area (Å²) in [5, 5.41) is 0. The average molecular weight is 322 g/mol. The molecule has 0 aliphatic heterocycles. The van der Waals surface area contributed by atoms with Crippen LogP contribution in [0, 0.1) is 5.41 Å². The molecule has 0 saturated heterocycles. The maximum atomic E-state index is 6.36. The van der Waals surface area contributed by atoms with E-state index in [9.17, 15) is 0 Å². The minimum absolute atomic E-state index is 0.106. The van der Waals surface area contributed by atoms with E-state index in [4.69, 9.17) is 5.73 Å². The summed E-state index contributed by atoms with van der Waals surface area (Å²) in [6.07, 6.45) is 3.62. The zero-order valence-electron chi connectivity index (χ0n) is 15.0. The Kier molecular flexibility index (Phi) is 5.07. The third-order valence-corrected chi connectivity index (χ3v) is 5.56. The molecular weight excluding hydrogens is 292 g/mol. The molecule has 1 aliphatic carbocycles. The molecule has 2 aromatic rings. The lowest BCUT2D eigenvalue weighted by Gasteiger charge is -2.42. The molecular formula is C22H30N2. The first-order valence-electron chi connectivity index (χ1n) is 9.06.